The van der Waals surface area contributed by atoms with Gasteiger partial charge in [0, 0.05) is 18.3 Å². The van der Waals surface area contributed by atoms with Crippen LogP contribution in [0, 0.1) is 5.92 Å². The van der Waals surface area contributed by atoms with Crippen molar-refractivity contribution in [1.82, 2.24) is 9.38 Å². The molecule has 0 saturated carbocycles. The molecule has 108 valence electrons. The summed E-state index contributed by atoms with van der Waals surface area (Å²) in [6.45, 7) is 6.61. The Morgan fingerprint density at radius 3 is 2.80 bits per heavy atom. The lowest BCUT2D eigenvalue weighted by molar-refractivity contribution is 0.520. The van der Waals surface area contributed by atoms with E-state index in [1.54, 1.807) is 16.7 Å². The van der Waals surface area contributed by atoms with Gasteiger partial charge in [-0.3, -0.25) is 9.20 Å². The molecule has 2 heterocycles. The van der Waals surface area contributed by atoms with Gasteiger partial charge in [0.15, 0.2) is 0 Å². The Kier molecular flexibility index (Phi) is 4.77. The quantitative estimate of drug-likeness (QED) is 0.878. The number of fused-ring (bicyclic) bond motifs is 1. The molecule has 2 aromatic heterocycles. The van der Waals surface area contributed by atoms with Crippen LogP contribution in [0.5, 0.6) is 0 Å². The Morgan fingerprint density at radius 1 is 1.25 bits per heavy atom. The van der Waals surface area contributed by atoms with Crippen molar-refractivity contribution in [3.8, 4) is 0 Å². The molecule has 0 aliphatic carbocycles. The summed E-state index contributed by atoms with van der Waals surface area (Å²) in [6.07, 6.45) is 5.26. The first-order valence-electron chi connectivity index (χ1n) is 7.31. The average molecular weight is 273 g/mol. The van der Waals surface area contributed by atoms with Gasteiger partial charge in [0.2, 0.25) is 0 Å². The van der Waals surface area contributed by atoms with E-state index in [0.29, 0.717) is 17.5 Å². The molecular formula is C16H23N3O. The van der Waals surface area contributed by atoms with E-state index in [0.717, 1.165) is 12.3 Å². The number of aromatic nitrogens is 2. The van der Waals surface area contributed by atoms with E-state index in [9.17, 15) is 4.79 Å². The van der Waals surface area contributed by atoms with Gasteiger partial charge in [0.25, 0.3) is 5.56 Å². The van der Waals surface area contributed by atoms with Crippen LogP contribution in [0.4, 0.5) is 5.82 Å². The Hall–Kier alpha value is -1.84. The van der Waals surface area contributed by atoms with Gasteiger partial charge in [-0.1, -0.05) is 32.8 Å². The molecule has 0 saturated heterocycles. The van der Waals surface area contributed by atoms with Gasteiger partial charge in [0.1, 0.15) is 11.5 Å². The van der Waals surface area contributed by atoms with Crippen LogP contribution in [-0.4, -0.2) is 15.4 Å². The number of pyridine rings is 1. The maximum Gasteiger partial charge on any atom is 0.259 e. The second kappa shape index (κ2) is 6.55. The molecule has 4 nitrogen and oxygen atoms in total. The van der Waals surface area contributed by atoms with Crippen LogP contribution in [-0.2, 0) is 0 Å². The van der Waals surface area contributed by atoms with Crippen LogP contribution in [0.2, 0.25) is 0 Å². The molecule has 0 aromatic carbocycles. The topological polar surface area (TPSA) is 46.4 Å². The maximum absolute atomic E-state index is 12.0. The van der Waals surface area contributed by atoms with E-state index >= 15 is 0 Å². The van der Waals surface area contributed by atoms with Crippen LogP contribution in [0.1, 0.15) is 40.0 Å². The lowest BCUT2D eigenvalue weighted by atomic mass is 10.0. The molecule has 2 aromatic rings. The summed E-state index contributed by atoms with van der Waals surface area (Å²) in [5.41, 5.74) is 0.629. The lowest BCUT2D eigenvalue weighted by Crippen LogP contribution is -2.20. The van der Waals surface area contributed by atoms with Gasteiger partial charge in [-0.2, -0.15) is 0 Å². The van der Waals surface area contributed by atoms with Crippen LogP contribution in [0.15, 0.2) is 35.3 Å². The number of rotatable bonds is 6. The maximum atomic E-state index is 12.0. The molecule has 0 bridgehead atoms. The van der Waals surface area contributed by atoms with Crippen molar-refractivity contribution in [1.29, 1.82) is 0 Å². The van der Waals surface area contributed by atoms with Crippen molar-refractivity contribution in [2.45, 2.75) is 46.1 Å². The number of anilines is 1. The highest BCUT2D eigenvalue weighted by Crippen LogP contribution is 2.11. The molecule has 0 aliphatic heterocycles. The zero-order valence-corrected chi connectivity index (χ0v) is 12.5. The van der Waals surface area contributed by atoms with Crippen LogP contribution >= 0.6 is 0 Å². The molecule has 1 unspecified atom stereocenters. The Bertz CT molecular complexity index is 618. The monoisotopic (exact) mass is 273 g/mol. The average Bonchev–Trinajstić information content (AvgIpc) is 2.38. The van der Waals surface area contributed by atoms with Gasteiger partial charge >= 0.3 is 0 Å². The summed E-state index contributed by atoms with van der Waals surface area (Å²) in [5, 5.41) is 3.32. The van der Waals surface area contributed by atoms with Crippen molar-refractivity contribution in [2.75, 3.05) is 5.32 Å². The third-order valence-corrected chi connectivity index (χ3v) is 3.38. The molecule has 0 spiro atoms. The summed E-state index contributed by atoms with van der Waals surface area (Å²) < 4.78 is 1.55. The second-order valence-corrected chi connectivity index (χ2v) is 5.78. The fourth-order valence-corrected chi connectivity index (χ4v) is 2.28. The van der Waals surface area contributed by atoms with Crippen LogP contribution in [0.3, 0.4) is 0 Å². The number of nitrogens with one attached hydrogen (secondary N) is 1. The standard InChI is InChI=1S/C16H23N3O/c1-12(2)7-6-8-13(3)17-14-11-16(20)19-10-5-4-9-15(19)18-14/h4-5,9-13,17H,6-8H2,1-3H3. The predicted octanol–water partition coefficient (Wildman–Crippen LogP) is 3.32. The minimum atomic E-state index is -0.0486. The number of nitrogens with zero attached hydrogens (tertiary/aromatic N) is 2. The normalized spacial score (nSPS) is 12.8. The molecule has 0 fully saturated rings. The third kappa shape index (κ3) is 3.83. The molecular weight excluding hydrogens is 250 g/mol. The van der Waals surface area contributed by atoms with Gasteiger partial charge in [-0.05, 0) is 31.4 Å². The van der Waals surface area contributed by atoms with Crippen LogP contribution in [0.25, 0.3) is 5.65 Å². The molecule has 1 atom stereocenters. The zero-order valence-electron chi connectivity index (χ0n) is 12.5. The SMILES string of the molecule is CC(C)CCCC(C)Nc1cc(=O)n2ccccc2n1. The van der Waals surface area contributed by atoms with Crippen molar-refractivity contribution >= 4 is 11.5 Å². The van der Waals surface area contributed by atoms with Gasteiger partial charge in [0.05, 0.1) is 0 Å². The summed E-state index contributed by atoms with van der Waals surface area (Å²) in [7, 11) is 0. The fourth-order valence-electron chi connectivity index (χ4n) is 2.28. The Balaban J connectivity index is 2.04. The first-order valence-corrected chi connectivity index (χ1v) is 7.31. The fraction of sp³-hybridized carbons (Fsp3) is 0.500. The second-order valence-electron chi connectivity index (χ2n) is 5.78. The molecule has 2 rings (SSSR count). The molecule has 20 heavy (non-hydrogen) atoms. The number of hydrogen-bond donors (Lipinski definition) is 1. The zero-order chi connectivity index (χ0) is 14.5. The molecule has 0 amide bonds. The summed E-state index contributed by atoms with van der Waals surface area (Å²) in [6, 6.07) is 7.45. The highest BCUT2D eigenvalue weighted by molar-refractivity contribution is 5.46. The summed E-state index contributed by atoms with van der Waals surface area (Å²) >= 11 is 0. The van der Waals surface area contributed by atoms with Crippen molar-refractivity contribution in [3.05, 3.63) is 40.8 Å². The van der Waals surface area contributed by atoms with Gasteiger partial charge < -0.3 is 5.32 Å². The molecule has 0 radical (unpaired) electrons. The Labute approximate surface area is 119 Å². The van der Waals surface area contributed by atoms with E-state index in [4.69, 9.17) is 0 Å². The minimum Gasteiger partial charge on any atom is -0.367 e. The first kappa shape index (κ1) is 14.6. The van der Waals surface area contributed by atoms with Crippen molar-refractivity contribution < 1.29 is 0 Å². The van der Waals surface area contributed by atoms with E-state index < -0.39 is 0 Å². The van der Waals surface area contributed by atoms with Crippen molar-refractivity contribution in [3.63, 3.8) is 0 Å². The minimum absolute atomic E-state index is 0.0486. The van der Waals surface area contributed by atoms with Gasteiger partial charge in [-0.15, -0.1) is 0 Å². The lowest BCUT2D eigenvalue weighted by Gasteiger charge is -2.15. The molecule has 1 N–H and O–H groups in total. The van der Waals surface area contributed by atoms with E-state index in [-0.39, 0.29) is 5.56 Å². The molecule has 4 heteroatoms. The van der Waals surface area contributed by atoms with Gasteiger partial charge in [-0.25, -0.2) is 4.98 Å². The highest BCUT2D eigenvalue weighted by atomic mass is 16.1. The third-order valence-electron chi connectivity index (χ3n) is 3.38. The first-order chi connectivity index (χ1) is 9.56. The van der Waals surface area contributed by atoms with E-state index in [1.807, 2.05) is 18.2 Å². The molecule has 0 aliphatic rings. The van der Waals surface area contributed by atoms with Crippen LogP contribution < -0.4 is 10.9 Å². The van der Waals surface area contributed by atoms with E-state index in [1.165, 1.54) is 12.8 Å². The summed E-state index contributed by atoms with van der Waals surface area (Å²) in [4.78, 5) is 16.4. The smallest absolute Gasteiger partial charge is 0.259 e. The summed E-state index contributed by atoms with van der Waals surface area (Å²) in [5.74, 6) is 1.41. The van der Waals surface area contributed by atoms with Crippen molar-refractivity contribution in [2.24, 2.45) is 5.92 Å². The Morgan fingerprint density at radius 2 is 2.05 bits per heavy atom. The highest BCUT2D eigenvalue weighted by Gasteiger charge is 2.06. The predicted molar refractivity (Wildman–Crippen MR) is 83.2 cm³/mol. The number of hydrogen-bond acceptors (Lipinski definition) is 3. The van der Waals surface area contributed by atoms with E-state index in [2.05, 4.69) is 31.1 Å². The largest absolute Gasteiger partial charge is 0.367 e.